The zero-order valence-corrected chi connectivity index (χ0v) is 14.6. The number of aromatic nitrogens is 3. The molecule has 120 valence electrons. The largest absolute Gasteiger partial charge is 0.370 e. The number of anilines is 1. The third-order valence-electron chi connectivity index (χ3n) is 3.33. The Balaban J connectivity index is 1.63. The maximum Gasteiger partial charge on any atom is 0.166 e. The van der Waals surface area contributed by atoms with Crippen molar-refractivity contribution in [3.05, 3.63) is 48.2 Å². The lowest BCUT2D eigenvalue weighted by molar-refractivity contribution is 0.442. The van der Waals surface area contributed by atoms with E-state index in [0.717, 1.165) is 40.0 Å². The second kappa shape index (κ2) is 6.62. The highest BCUT2D eigenvalue weighted by molar-refractivity contribution is 7.98. The number of nitrogens with one attached hydrogen (secondary N) is 2. The van der Waals surface area contributed by atoms with Gasteiger partial charge in [-0.3, -0.25) is 0 Å². The van der Waals surface area contributed by atoms with Crippen molar-refractivity contribution in [2.24, 2.45) is 5.41 Å². The monoisotopic (exact) mass is 326 g/mol. The molecule has 0 atom stereocenters. The van der Waals surface area contributed by atoms with Gasteiger partial charge in [0.25, 0.3) is 0 Å². The van der Waals surface area contributed by atoms with Crippen LogP contribution in [0.15, 0.2) is 47.6 Å². The molecule has 3 aromatic rings. The molecule has 0 spiro atoms. The Hall–Kier alpha value is -2.01. The number of H-pyrrole nitrogens is 1. The van der Waals surface area contributed by atoms with Crippen LogP contribution in [0.5, 0.6) is 0 Å². The summed E-state index contributed by atoms with van der Waals surface area (Å²) in [4.78, 5) is 12.6. The number of hydrogen-bond donors (Lipinski definition) is 2. The van der Waals surface area contributed by atoms with E-state index >= 15 is 0 Å². The summed E-state index contributed by atoms with van der Waals surface area (Å²) < 4.78 is 0. The minimum Gasteiger partial charge on any atom is -0.370 e. The predicted octanol–water partition coefficient (Wildman–Crippen LogP) is 4.71. The van der Waals surface area contributed by atoms with Crippen molar-refractivity contribution in [2.45, 2.75) is 31.7 Å². The molecule has 3 rings (SSSR count). The molecule has 0 bridgehead atoms. The first-order valence-corrected chi connectivity index (χ1v) is 8.75. The molecule has 0 fully saturated rings. The van der Waals surface area contributed by atoms with Gasteiger partial charge in [-0.15, -0.1) is 0 Å². The van der Waals surface area contributed by atoms with Crippen LogP contribution in [-0.4, -0.2) is 21.5 Å². The fourth-order valence-corrected chi connectivity index (χ4v) is 2.94. The van der Waals surface area contributed by atoms with Crippen molar-refractivity contribution < 1.29 is 0 Å². The van der Waals surface area contributed by atoms with Crippen LogP contribution in [0, 0.1) is 5.41 Å². The fraction of sp³-hybridized carbons (Fsp3) is 0.333. The molecule has 0 saturated carbocycles. The van der Waals surface area contributed by atoms with Gasteiger partial charge in [-0.05, 0) is 29.7 Å². The SMILES string of the molecule is CC(C)(C)CNc1cccc(CSc2nc3ccccc3[nH]2)n1. The predicted molar refractivity (Wildman–Crippen MR) is 97.8 cm³/mol. The van der Waals surface area contributed by atoms with Crippen molar-refractivity contribution in [1.29, 1.82) is 0 Å². The van der Waals surface area contributed by atoms with Gasteiger partial charge in [0, 0.05) is 12.3 Å². The Morgan fingerprint density at radius 2 is 1.87 bits per heavy atom. The first-order valence-electron chi connectivity index (χ1n) is 7.77. The van der Waals surface area contributed by atoms with Crippen molar-refractivity contribution in [3.63, 3.8) is 0 Å². The van der Waals surface area contributed by atoms with Gasteiger partial charge in [0.15, 0.2) is 5.16 Å². The van der Waals surface area contributed by atoms with Gasteiger partial charge in [-0.2, -0.15) is 0 Å². The highest BCUT2D eigenvalue weighted by atomic mass is 32.2. The lowest BCUT2D eigenvalue weighted by Gasteiger charge is -2.19. The number of imidazole rings is 1. The maximum atomic E-state index is 4.67. The number of fused-ring (bicyclic) bond motifs is 1. The summed E-state index contributed by atoms with van der Waals surface area (Å²) in [7, 11) is 0. The lowest BCUT2D eigenvalue weighted by Crippen LogP contribution is -2.19. The van der Waals surface area contributed by atoms with Gasteiger partial charge in [0.2, 0.25) is 0 Å². The van der Waals surface area contributed by atoms with Crippen LogP contribution in [0.3, 0.4) is 0 Å². The normalized spacial score (nSPS) is 11.8. The molecule has 2 heterocycles. The third kappa shape index (κ3) is 4.48. The maximum absolute atomic E-state index is 4.67. The van der Waals surface area contributed by atoms with E-state index in [2.05, 4.69) is 47.1 Å². The molecule has 4 nitrogen and oxygen atoms in total. The quantitative estimate of drug-likeness (QED) is 0.667. The summed E-state index contributed by atoms with van der Waals surface area (Å²) in [5, 5.41) is 4.33. The average Bonchev–Trinajstić information content (AvgIpc) is 2.94. The molecule has 2 aromatic heterocycles. The molecule has 2 N–H and O–H groups in total. The molecular weight excluding hydrogens is 304 g/mol. The molecule has 23 heavy (non-hydrogen) atoms. The van der Waals surface area contributed by atoms with Gasteiger partial charge in [-0.25, -0.2) is 9.97 Å². The van der Waals surface area contributed by atoms with E-state index in [1.165, 1.54) is 0 Å². The number of pyridine rings is 1. The Kier molecular flexibility index (Phi) is 4.57. The molecular formula is C18H22N4S. The first-order chi connectivity index (χ1) is 11.0. The van der Waals surface area contributed by atoms with E-state index < -0.39 is 0 Å². The number of nitrogens with zero attached hydrogens (tertiary/aromatic N) is 2. The summed E-state index contributed by atoms with van der Waals surface area (Å²) >= 11 is 1.67. The number of aromatic amines is 1. The van der Waals surface area contributed by atoms with Gasteiger partial charge < -0.3 is 10.3 Å². The van der Waals surface area contributed by atoms with Crippen LogP contribution in [0.4, 0.5) is 5.82 Å². The molecule has 0 aliphatic heterocycles. The molecule has 0 aliphatic rings. The zero-order valence-electron chi connectivity index (χ0n) is 13.8. The van der Waals surface area contributed by atoms with E-state index in [1.54, 1.807) is 11.8 Å². The van der Waals surface area contributed by atoms with Crippen molar-refractivity contribution in [2.75, 3.05) is 11.9 Å². The van der Waals surface area contributed by atoms with Crippen LogP contribution in [0.2, 0.25) is 0 Å². The zero-order chi connectivity index (χ0) is 16.3. The van der Waals surface area contributed by atoms with E-state index in [9.17, 15) is 0 Å². The van der Waals surface area contributed by atoms with E-state index in [-0.39, 0.29) is 5.41 Å². The lowest BCUT2D eigenvalue weighted by atomic mass is 9.97. The number of hydrogen-bond acceptors (Lipinski definition) is 4. The van der Waals surface area contributed by atoms with Crippen LogP contribution in [0.25, 0.3) is 11.0 Å². The van der Waals surface area contributed by atoms with Crippen molar-refractivity contribution in [1.82, 2.24) is 15.0 Å². The molecule has 0 saturated heterocycles. The summed E-state index contributed by atoms with van der Waals surface area (Å²) in [5.41, 5.74) is 3.36. The topological polar surface area (TPSA) is 53.6 Å². The van der Waals surface area contributed by atoms with Crippen molar-refractivity contribution in [3.8, 4) is 0 Å². The molecule has 0 aliphatic carbocycles. The number of benzene rings is 1. The number of para-hydroxylation sites is 2. The second-order valence-corrected chi connectivity index (χ2v) is 7.74. The minimum absolute atomic E-state index is 0.237. The summed E-state index contributed by atoms with van der Waals surface area (Å²) in [6.45, 7) is 7.53. The molecule has 1 aromatic carbocycles. The highest BCUT2D eigenvalue weighted by Crippen LogP contribution is 2.23. The summed E-state index contributed by atoms with van der Waals surface area (Å²) in [5.74, 6) is 1.73. The van der Waals surface area contributed by atoms with Gasteiger partial charge >= 0.3 is 0 Å². The third-order valence-corrected chi connectivity index (χ3v) is 4.24. The van der Waals surface area contributed by atoms with Crippen molar-refractivity contribution >= 4 is 28.6 Å². The number of thioether (sulfide) groups is 1. The highest BCUT2D eigenvalue weighted by Gasteiger charge is 2.10. The summed E-state index contributed by atoms with van der Waals surface area (Å²) in [6.07, 6.45) is 0. The van der Waals surface area contributed by atoms with Gasteiger partial charge in [0.05, 0.1) is 16.7 Å². The Bertz CT molecular complexity index is 756. The Labute approximate surface area is 141 Å². The smallest absolute Gasteiger partial charge is 0.166 e. The van der Waals surface area contributed by atoms with Crippen LogP contribution in [0.1, 0.15) is 26.5 Å². The molecule has 0 radical (unpaired) electrons. The molecule has 0 unspecified atom stereocenters. The fourth-order valence-electron chi connectivity index (χ4n) is 2.15. The second-order valence-electron chi connectivity index (χ2n) is 6.78. The van der Waals surface area contributed by atoms with E-state index in [0.29, 0.717) is 0 Å². The van der Waals surface area contributed by atoms with E-state index in [4.69, 9.17) is 0 Å². The van der Waals surface area contributed by atoms with Crippen LogP contribution in [-0.2, 0) is 5.75 Å². The van der Waals surface area contributed by atoms with E-state index in [1.807, 2.05) is 36.4 Å². The van der Waals surface area contributed by atoms with Gasteiger partial charge in [0.1, 0.15) is 5.82 Å². The molecule has 0 amide bonds. The molecule has 5 heteroatoms. The average molecular weight is 326 g/mol. The number of rotatable bonds is 5. The standard InChI is InChI=1S/C18H22N4S/c1-18(2,3)12-19-16-10-6-7-13(20-16)11-23-17-21-14-8-4-5-9-15(14)22-17/h4-10H,11-12H2,1-3H3,(H,19,20)(H,21,22). The van der Waals surface area contributed by atoms with Gasteiger partial charge in [-0.1, -0.05) is 50.7 Å². The minimum atomic E-state index is 0.237. The first kappa shape index (κ1) is 15.9. The Morgan fingerprint density at radius 3 is 2.65 bits per heavy atom. The van der Waals surface area contributed by atoms with Crippen LogP contribution < -0.4 is 5.32 Å². The Morgan fingerprint density at radius 1 is 1.04 bits per heavy atom. The summed E-state index contributed by atoms with van der Waals surface area (Å²) in [6, 6.07) is 14.2. The van der Waals surface area contributed by atoms with Crippen LogP contribution >= 0.6 is 11.8 Å².